The zero-order valence-electron chi connectivity index (χ0n) is 10.3. The summed E-state index contributed by atoms with van der Waals surface area (Å²) in [4.78, 5) is 19.8. The minimum Gasteiger partial charge on any atom is -0.402 e. The molecule has 0 radical (unpaired) electrons. The van der Waals surface area contributed by atoms with Crippen LogP contribution >= 0.6 is 0 Å². The Hall–Kier alpha value is -2.82. The summed E-state index contributed by atoms with van der Waals surface area (Å²) in [6, 6.07) is 9.15. The molecule has 3 rings (SSSR count). The Morgan fingerprint density at radius 2 is 1.95 bits per heavy atom. The second kappa shape index (κ2) is 5.05. The number of ether oxygens (including phenoxy) is 1. The first-order valence-corrected chi connectivity index (χ1v) is 5.91. The lowest BCUT2D eigenvalue weighted by molar-refractivity contribution is -0.129. The maximum atomic E-state index is 12.8. The monoisotopic (exact) mass is 268 g/mol. The van der Waals surface area contributed by atoms with Crippen molar-refractivity contribution >= 4 is 17.9 Å². The largest absolute Gasteiger partial charge is 0.402 e. The van der Waals surface area contributed by atoms with Crippen LogP contribution in [-0.2, 0) is 9.53 Å². The molecule has 2 heterocycles. The highest BCUT2D eigenvalue weighted by molar-refractivity contribution is 6.12. The maximum Gasteiger partial charge on any atom is 0.363 e. The predicted molar refractivity (Wildman–Crippen MR) is 71.2 cm³/mol. The number of aromatic nitrogens is 1. The smallest absolute Gasteiger partial charge is 0.363 e. The van der Waals surface area contributed by atoms with E-state index in [1.165, 1.54) is 24.3 Å². The molecule has 20 heavy (non-hydrogen) atoms. The van der Waals surface area contributed by atoms with Gasteiger partial charge in [0.1, 0.15) is 5.82 Å². The normalized spacial score (nSPS) is 16.1. The average molecular weight is 268 g/mol. The summed E-state index contributed by atoms with van der Waals surface area (Å²) in [5, 5.41) is 0. The van der Waals surface area contributed by atoms with Crippen LogP contribution in [0.5, 0.6) is 0 Å². The van der Waals surface area contributed by atoms with E-state index >= 15 is 0 Å². The van der Waals surface area contributed by atoms with Crippen LogP contribution in [0.2, 0.25) is 0 Å². The lowest BCUT2D eigenvalue weighted by atomic mass is 10.2. The molecule has 0 amide bonds. The van der Waals surface area contributed by atoms with Crippen LogP contribution in [0.15, 0.2) is 59.5 Å². The Morgan fingerprint density at radius 3 is 2.65 bits per heavy atom. The van der Waals surface area contributed by atoms with Crippen molar-refractivity contribution in [2.45, 2.75) is 0 Å². The van der Waals surface area contributed by atoms with Gasteiger partial charge in [-0.05, 0) is 42.0 Å². The van der Waals surface area contributed by atoms with Gasteiger partial charge in [-0.3, -0.25) is 4.98 Å². The van der Waals surface area contributed by atoms with Crippen LogP contribution in [0, 0.1) is 5.82 Å². The number of hydrogen-bond acceptors (Lipinski definition) is 4. The third-order valence-electron chi connectivity index (χ3n) is 2.70. The van der Waals surface area contributed by atoms with E-state index in [0.29, 0.717) is 5.56 Å². The van der Waals surface area contributed by atoms with E-state index in [9.17, 15) is 9.18 Å². The first-order chi connectivity index (χ1) is 9.72. The SMILES string of the molecule is O=C1OC(c2ccc(F)cc2)=N/C1=C\c1cccnc1. The first kappa shape index (κ1) is 12.2. The van der Waals surface area contributed by atoms with Crippen LogP contribution in [0.3, 0.4) is 0 Å². The van der Waals surface area contributed by atoms with Crippen molar-refractivity contribution in [3.05, 3.63) is 71.4 Å². The zero-order chi connectivity index (χ0) is 13.9. The standard InChI is InChI=1S/C15H9FN2O2/c16-12-5-3-11(4-6-12)14-18-13(15(19)20-14)8-10-2-1-7-17-9-10/h1-9H/b13-8-. The van der Waals surface area contributed by atoms with Gasteiger partial charge >= 0.3 is 5.97 Å². The minimum atomic E-state index is -0.534. The molecule has 98 valence electrons. The van der Waals surface area contributed by atoms with Gasteiger partial charge in [-0.2, -0.15) is 0 Å². The van der Waals surface area contributed by atoms with Gasteiger partial charge in [0.2, 0.25) is 5.90 Å². The summed E-state index contributed by atoms with van der Waals surface area (Å²) < 4.78 is 17.9. The van der Waals surface area contributed by atoms with Crippen molar-refractivity contribution in [3.8, 4) is 0 Å². The van der Waals surface area contributed by atoms with Crippen LogP contribution < -0.4 is 0 Å². The fourth-order valence-electron chi connectivity index (χ4n) is 1.74. The van der Waals surface area contributed by atoms with Gasteiger partial charge in [0.15, 0.2) is 5.70 Å². The molecular formula is C15H9FN2O2. The Balaban J connectivity index is 1.93. The summed E-state index contributed by atoms with van der Waals surface area (Å²) in [5.74, 6) is -0.719. The third kappa shape index (κ3) is 2.47. The van der Waals surface area contributed by atoms with Crippen LogP contribution in [0.4, 0.5) is 4.39 Å². The Morgan fingerprint density at radius 1 is 1.15 bits per heavy atom. The van der Waals surface area contributed by atoms with Crippen molar-refractivity contribution in [1.82, 2.24) is 4.98 Å². The minimum absolute atomic E-state index is 0.171. The van der Waals surface area contributed by atoms with E-state index in [2.05, 4.69) is 9.98 Å². The van der Waals surface area contributed by atoms with E-state index in [0.717, 1.165) is 5.56 Å². The number of halogens is 1. The number of esters is 1. The number of cyclic esters (lactones) is 1. The molecule has 1 aliphatic heterocycles. The number of nitrogens with zero attached hydrogens (tertiary/aromatic N) is 2. The number of hydrogen-bond donors (Lipinski definition) is 0. The third-order valence-corrected chi connectivity index (χ3v) is 2.70. The summed E-state index contributed by atoms with van der Waals surface area (Å²) in [6.07, 6.45) is 4.85. The lowest BCUT2D eigenvalue weighted by Gasteiger charge is -1.98. The molecule has 1 aromatic heterocycles. The first-order valence-electron chi connectivity index (χ1n) is 5.91. The molecule has 0 spiro atoms. The summed E-state index contributed by atoms with van der Waals surface area (Å²) in [5.41, 5.74) is 1.50. The number of aliphatic imine (C=N–C) groups is 1. The van der Waals surface area contributed by atoms with Crippen LogP contribution in [0.1, 0.15) is 11.1 Å². The molecular weight excluding hydrogens is 259 g/mol. The highest BCUT2D eigenvalue weighted by atomic mass is 19.1. The quantitative estimate of drug-likeness (QED) is 0.621. The van der Waals surface area contributed by atoms with Crippen LogP contribution in [0.25, 0.3) is 6.08 Å². The second-order valence-corrected chi connectivity index (χ2v) is 4.13. The van der Waals surface area contributed by atoms with Gasteiger partial charge in [0, 0.05) is 18.0 Å². The van der Waals surface area contributed by atoms with Crippen molar-refractivity contribution in [2.75, 3.05) is 0 Å². The van der Waals surface area contributed by atoms with E-state index in [4.69, 9.17) is 4.74 Å². The van der Waals surface area contributed by atoms with E-state index in [1.807, 2.05) is 0 Å². The van der Waals surface area contributed by atoms with E-state index in [-0.39, 0.29) is 17.4 Å². The lowest BCUT2D eigenvalue weighted by Crippen LogP contribution is -2.05. The Labute approximate surface area is 114 Å². The number of carbonyl (C=O) groups is 1. The van der Waals surface area contributed by atoms with Crippen molar-refractivity contribution in [1.29, 1.82) is 0 Å². The molecule has 0 unspecified atom stereocenters. The van der Waals surface area contributed by atoms with Crippen molar-refractivity contribution in [3.63, 3.8) is 0 Å². The number of rotatable bonds is 2. The highest BCUT2D eigenvalue weighted by Crippen LogP contribution is 2.18. The van der Waals surface area contributed by atoms with Gasteiger partial charge in [-0.25, -0.2) is 14.2 Å². The molecule has 5 heteroatoms. The molecule has 4 nitrogen and oxygen atoms in total. The Kier molecular flexibility index (Phi) is 3.09. The molecule has 1 aromatic carbocycles. The van der Waals surface area contributed by atoms with E-state index in [1.54, 1.807) is 30.6 Å². The molecule has 0 N–H and O–H groups in total. The zero-order valence-corrected chi connectivity index (χ0v) is 10.3. The number of carbonyl (C=O) groups excluding carboxylic acids is 1. The summed E-state index contributed by atoms with van der Waals surface area (Å²) in [7, 11) is 0. The number of benzene rings is 1. The molecule has 0 saturated heterocycles. The molecule has 0 bridgehead atoms. The fourth-order valence-corrected chi connectivity index (χ4v) is 1.74. The van der Waals surface area contributed by atoms with Gasteiger partial charge in [-0.1, -0.05) is 6.07 Å². The van der Waals surface area contributed by atoms with Crippen LogP contribution in [-0.4, -0.2) is 16.9 Å². The molecule has 0 aliphatic carbocycles. The van der Waals surface area contributed by atoms with Gasteiger partial charge in [-0.15, -0.1) is 0 Å². The maximum absolute atomic E-state index is 12.8. The van der Waals surface area contributed by atoms with Gasteiger partial charge in [0.25, 0.3) is 0 Å². The second-order valence-electron chi connectivity index (χ2n) is 4.13. The van der Waals surface area contributed by atoms with Gasteiger partial charge < -0.3 is 4.74 Å². The van der Waals surface area contributed by atoms with Crippen molar-refractivity contribution in [2.24, 2.45) is 4.99 Å². The number of pyridine rings is 1. The summed E-state index contributed by atoms with van der Waals surface area (Å²) >= 11 is 0. The Bertz CT molecular complexity index is 706. The van der Waals surface area contributed by atoms with Gasteiger partial charge in [0.05, 0.1) is 0 Å². The molecule has 2 aromatic rings. The molecule has 0 fully saturated rings. The molecule has 0 atom stereocenters. The average Bonchev–Trinajstić information content (AvgIpc) is 2.82. The predicted octanol–water partition coefficient (Wildman–Crippen LogP) is 2.57. The van der Waals surface area contributed by atoms with Crippen molar-refractivity contribution < 1.29 is 13.9 Å². The van der Waals surface area contributed by atoms with E-state index < -0.39 is 5.97 Å². The molecule has 0 saturated carbocycles. The topological polar surface area (TPSA) is 51.5 Å². The molecule has 1 aliphatic rings. The highest BCUT2D eigenvalue weighted by Gasteiger charge is 2.24. The fraction of sp³-hybridized carbons (Fsp3) is 0. The summed E-state index contributed by atoms with van der Waals surface area (Å²) in [6.45, 7) is 0.